The van der Waals surface area contributed by atoms with E-state index in [-0.39, 0.29) is 12.1 Å². The lowest BCUT2D eigenvalue weighted by atomic mass is 10.2. The van der Waals surface area contributed by atoms with E-state index in [4.69, 9.17) is 5.73 Å². The number of fused-ring (bicyclic) bond motifs is 1. The Labute approximate surface area is 161 Å². The number of carbonyl (C=O) groups excluding carboxylic acids is 1. The molecule has 1 aromatic heterocycles. The molecule has 2 heterocycles. The summed E-state index contributed by atoms with van der Waals surface area (Å²) in [5.74, 6) is -0.175. The molecule has 0 fully saturated rings. The van der Waals surface area contributed by atoms with Crippen molar-refractivity contribution in [2.45, 2.75) is 6.17 Å². The molecule has 1 unspecified atom stereocenters. The molecule has 0 saturated carbocycles. The summed E-state index contributed by atoms with van der Waals surface area (Å²) >= 11 is 1.58. The first-order valence-corrected chi connectivity index (χ1v) is 9.38. The largest absolute Gasteiger partial charge is 0.323 e. The van der Waals surface area contributed by atoms with Crippen LogP contribution in [0.5, 0.6) is 0 Å². The maximum absolute atomic E-state index is 12.1. The molecule has 5 nitrogen and oxygen atoms in total. The van der Waals surface area contributed by atoms with Crippen molar-refractivity contribution >= 4 is 46.0 Å². The highest BCUT2D eigenvalue weighted by Crippen LogP contribution is 2.36. The zero-order valence-electron chi connectivity index (χ0n) is 14.4. The van der Waals surface area contributed by atoms with Gasteiger partial charge in [0.2, 0.25) is 5.91 Å². The van der Waals surface area contributed by atoms with Crippen LogP contribution in [0.2, 0.25) is 0 Å². The number of aliphatic imine (C=N–C) groups is 1. The number of rotatable bonds is 4. The Morgan fingerprint density at radius 3 is 2.67 bits per heavy atom. The van der Waals surface area contributed by atoms with E-state index in [1.807, 2.05) is 70.9 Å². The fourth-order valence-corrected chi connectivity index (χ4v) is 3.62. The topological polar surface area (TPSA) is 70.7 Å². The third kappa shape index (κ3) is 3.81. The Hall–Kier alpha value is -3.22. The van der Waals surface area contributed by atoms with Crippen LogP contribution in [-0.2, 0) is 4.79 Å². The van der Waals surface area contributed by atoms with Gasteiger partial charge in [-0.1, -0.05) is 30.3 Å². The number of thiophene rings is 1. The maximum atomic E-state index is 12.1. The average molecular weight is 374 g/mol. The lowest BCUT2D eigenvalue weighted by molar-refractivity contribution is -0.111. The Morgan fingerprint density at radius 1 is 1.11 bits per heavy atom. The summed E-state index contributed by atoms with van der Waals surface area (Å²) < 4.78 is 0. The third-order valence-corrected chi connectivity index (χ3v) is 5.09. The van der Waals surface area contributed by atoms with Gasteiger partial charge in [0.1, 0.15) is 11.2 Å². The molecule has 6 heteroatoms. The van der Waals surface area contributed by atoms with Gasteiger partial charge < -0.3 is 16.0 Å². The number of nitrogens with one attached hydrogen (secondary N) is 1. The molecule has 2 aromatic carbocycles. The number of hydrogen-bond acceptors (Lipinski definition) is 5. The SMILES string of the molecule is NC1c2ccsc2N=CN1c1ccc(NC(=O)/C=C/c2ccccc2)cc1. The van der Waals surface area contributed by atoms with Crippen LogP contribution in [0.1, 0.15) is 17.3 Å². The van der Waals surface area contributed by atoms with Gasteiger partial charge in [0.15, 0.2) is 0 Å². The van der Waals surface area contributed by atoms with Crippen LogP contribution in [0, 0.1) is 0 Å². The van der Waals surface area contributed by atoms with Crippen LogP contribution < -0.4 is 16.0 Å². The van der Waals surface area contributed by atoms with E-state index in [1.54, 1.807) is 23.8 Å². The Kier molecular flexibility index (Phi) is 4.82. The second kappa shape index (κ2) is 7.57. The van der Waals surface area contributed by atoms with E-state index < -0.39 is 0 Å². The molecule has 1 aliphatic heterocycles. The second-order valence-corrected chi connectivity index (χ2v) is 6.95. The van der Waals surface area contributed by atoms with E-state index in [0.717, 1.165) is 27.5 Å². The second-order valence-electron chi connectivity index (χ2n) is 6.06. The van der Waals surface area contributed by atoms with E-state index >= 15 is 0 Å². The highest BCUT2D eigenvalue weighted by molar-refractivity contribution is 7.14. The lowest BCUT2D eigenvalue weighted by Crippen LogP contribution is -2.35. The Balaban J connectivity index is 1.42. The minimum Gasteiger partial charge on any atom is -0.323 e. The van der Waals surface area contributed by atoms with Crippen LogP contribution >= 0.6 is 11.3 Å². The molecule has 0 aliphatic carbocycles. The van der Waals surface area contributed by atoms with Crippen molar-refractivity contribution in [2.24, 2.45) is 10.7 Å². The molecular weight excluding hydrogens is 356 g/mol. The zero-order valence-corrected chi connectivity index (χ0v) is 15.3. The van der Waals surface area contributed by atoms with Crippen LogP contribution in [0.25, 0.3) is 6.08 Å². The predicted octanol–water partition coefficient (Wildman–Crippen LogP) is 4.54. The Morgan fingerprint density at radius 2 is 1.89 bits per heavy atom. The van der Waals surface area contributed by atoms with Gasteiger partial charge in [-0.25, -0.2) is 4.99 Å². The van der Waals surface area contributed by atoms with Gasteiger partial charge >= 0.3 is 0 Å². The molecule has 0 spiro atoms. The Bertz CT molecular complexity index is 993. The summed E-state index contributed by atoms with van der Waals surface area (Å²) in [6.45, 7) is 0. The normalized spacial score (nSPS) is 15.7. The first-order valence-electron chi connectivity index (χ1n) is 8.50. The van der Waals surface area contributed by atoms with Gasteiger partial charge in [-0.3, -0.25) is 4.79 Å². The zero-order chi connectivity index (χ0) is 18.6. The van der Waals surface area contributed by atoms with Crippen LogP contribution in [0.15, 0.2) is 77.1 Å². The predicted molar refractivity (Wildman–Crippen MR) is 112 cm³/mol. The first kappa shape index (κ1) is 17.2. The number of carbonyl (C=O) groups is 1. The molecule has 3 aromatic rings. The summed E-state index contributed by atoms with van der Waals surface area (Å²) in [4.78, 5) is 18.4. The molecular formula is C21H18N4OS. The molecule has 3 N–H and O–H groups in total. The lowest BCUT2D eigenvalue weighted by Gasteiger charge is -2.29. The van der Waals surface area contributed by atoms with E-state index in [2.05, 4.69) is 10.3 Å². The summed E-state index contributed by atoms with van der Waals surface area (Å²) in [5, 5.41) is 5.80. The van der Waals surface area contributed by atoms with Gasteiger partial charge in [-0.05, 0) is 47.4 Å². The van der Waals surface area contributed by atoms with Crippen molar-refractivity contribution in [1.82, 2.24) is 0 Å². The molecule has 27 heavy (non-hydrogen) atoms. The maximum Gasteiger partial charge on any atom is 0.248 e. The van der Waals surface area contributed by atoms with Crippen molar-refractivity contribution in [3.63, 3.8) is 0 Å². The van der Waals surface area contributed by atoms with Crippen molar-refractivity contribution < 1.29 is 4.79 Å². The summed E-state index contributed by atoms with van der Waals surface area (Å²) in [6, 6.07) is 19.2. The number of amides is 1. The van der Waals surface area contributed by atoms with E-state index in [0.29, 0.717) is 0 Å². The van der Waals surface area contributed by atoms with Crippen molar-refractivity contribution in [1.29, 1.82) is 0 Å². The monoisotopic (exact) mass is 374 g/mol. The third-order valence-electron chi connectivity index (χ3n) is 4.25. The number of hydrogen-bond donors (Lipinski definition) is 2. The van der Waals surface area contributed by atoms with Crippen molar-refractivity contribution in [2.75, 3.05) is 10.2 Å². The van der Waals surface area contributed by atoms with Gasteiger partial charge in [0.25, 0.3) is 0 Å². The molecule has 1 amide bonds. The molecule has 0 radical (unpaired) electrons. The van der Waals surface area contributed by atoms with Crippen molar-refractivity contribution in [3.8, 4) is 0 Å². The molecule has 134 valence electrons. The number of nitrogens with zero attached hydrogens (tertiary/aromatic N) is 2. The molecule has 0 bridgehead atoms. The summed E-state index contributed by atoms with van der Waals surface area (Å²) in [5.41, 5.74) is 9.98. The molecule has 4 rings (SSSR count). The standard InChI is InChI=1S/C21H18N4OS/c22-20-18-12-13-27-21(18)23-14-25(20)17-9-7-16(8-10-17)24-19(26)11-6-15-4-2-1-3-5-15/h1-14,20H,22H2,(H,24,26)/b11-6+. The molecule has 0 saturated heterocycles. The van der Waals surface area contributed by atoms with Crippen molar-refractivity contribution in [3.05, 3.63) is 83.2 Å². The minimum atomic E-state index is -0.266. The highest BCUT2D eigenvalue weighted by Gasteiger charge is 2.22. The number of nitrogens with two attached hydrogens (primary N) is 1. The minimum absolute atomic E-state index is 0.175. The van der Waals surface area contributed by atoms with Crippen LogP contribution in [0.4, 0.5) is 16.4 Å². The number of benzene rings is 2. The first-order chi connectivity index (χ1) is 13.2. The molecule has 1 atom stereocenters. The molecule has 1 aliphatic rings. The number of anilines is 2. The van der Waals surface area contributed by atoms with Crippen LogP contribution in [-0.4, -0.2) is 12.2 Å². The van der Waals surface area contributed by atoms with Gasteiger partial charge in [0.05, 0.1) is 6.34 Å². The van der Waals surface area contributed by atoms with Crippen LogP contribution in [0.3, 0.4) is 0 Å². The van der Waals surface area contributed by atoms with Gasteiger partial charge in [0, 0.05) is 23.0 Å². The summed E-state index contributed by atoms with van der Waals surface area (Å²) in [6.07, 6.45) is 4.79. The fraction of sp³-hybridized carbons (Fsp3) is 0.0476. The summed E-state index contributed by atoms with van der Waals surface area (Å²) in [7, 11) is 0. The van der Waals surface area contributed by atoms with E-state index in [1.165, 1.54) is 6.08 Å². The average Bonchev–Trinajstić information content (AvgIpc) is 3.18. The quantitative estimate of drug-likeness (QED) is 0.659. The van der Waals surface area contributed by atoms with Gasteiger partial charge in [-0.15, -0.1) is 11.3 Å². The van der Waals surface area contributed by atoms with E-state index in [9.17, 15) is 4.79 Å². The van der Waals surface area contributed by atoms with Gasteiger partial charge in [-0.2, -0.15) is 0 Å². The smallest absolute Gasteiger partial charge is 0.248 e. The highest BCUT2D eigenvalue weighted by atomic mass is 32.1. The fourth-order valence-electron chi connectivity index (χ4n) is 2.84.